The van der Waals surface area contributed by atoms with Crippen molar-refractivity contribution in [1.82, 2.24) is 0 Å². The van der Waals surface area contributed by atoms with Crippen LogP contribution in [-0.2, 0) is 4.79 Å². The Kier molecular flexibility index (Phi) is 5.01. The maximum Gasteiger partial charge on any atom is 0.335 e. The molecule has 1 amide bonds. The zero-order valence-corrected chi connectivity index (χ0v) is 13.3. The number of aromatic carboxylic acids is 1. The van der Waals surface area contributed by atoms with Crippen LogP contribution in [0.5, 0.6) is 5.75 Å². The number of carbonyl (C=O) groups excluding carboxylic acids is 1. The van der Waals surface area contributed by atoms with Gasteiger partial charge in [0.05, 0.1) is 5.56 Å². The Balaban J connectivity index is 2.03. The molecule has 0 aliphatic rings. The molecule has 0 radical (unpaired) electrons. The van der Waals surface area contributed by atoms with Crippen molar-refractivity contribution in [3.05, 3.63) is 59.2 Å². The van der Waals surface area contributed by atoms with Crippen LogP contribution in [0.1, 0.15) is 28.4 Å². The third kappa shape index (κ3) is 4.32. The van der Waals surface area contributed by atoms with Gasteiger partial charge >= 0.3 is 5.97 Å². The fourth-order valence-corrected chi connectivity index (χ4v) is 2.02. The molecule has 0 aliphatic carbocycles. The molecule has 0 saturated heterocycles. The number of carboxylic acid groups (broad SMARTS) is 1. The van der Waals surface area contributed by atoms with Gasteiger partial charge in [0.15, 0.2) is 6.10 Å². The summed E-state index contributed by atoms with van der Waals surface area (Å²) in [6.45, 7) is 5.63. The van der Waals surface area contributed by atoms with Crippen molar-refractivity contribution in [1.29, 1.82) is 0 Å². The van der Waals surface area contributed by atoms with Crippen molar-refractivity contribution >= 4 is 17.6 Å². The first kappa shape index (κ1) is 16.5. The molecule has 0 aliphatic heterocycles. The van der Waals surface area contributed by atoms with Crippen LogP contribution in [0.4, 0.5) is 5.69 Å². The summed E-state index contributed by atoms with van der Waals surface area (Å²) in [6.07, 6.45) is -0.703. The van der Waals surface area contributed by atoms with Crippen LogP contribution in [0.3, 0.4) is 0 Å². The summed E-state index contributed by atoms with van der Waals surface area (Å²) in [5.41, 5.74) is 2.78. The molecule has 0 heterocycles. The molecule has 5 nitrogen and oxygen atoms in total. The standard InChI is InChI=1S/C18H19NO4/c1-11-7-8-16(9-12(11)2)23-13(3)17(20)19-15-6-4-5-14(10-15)18(21)22/h4-10,13H,1-3H3,(H,19,20)(H,21,22)/t13-/m1/s1. The predicted molar refractivity (Wildman–Crippen MR) is 88.0 cm³/mol. The van der Waals surface area contributed by atoms with Gasteiger partial charge in [-0.25, -0.2) is 4.79 Å². The summed E-state index contributed by atoms with van der Waals surface area (Å²) in [6, 6.07) is 11.7. The zero-order chi connectivity index (χ0) is 17.0. The molecule has 2 rings (SSSR count). The van der Waals surface area contributed by atoms with E-state index < -0.39 is 12.1 Å². The fourth-order valence-electron chi connectivity index (χ4n) is 2.02. The third-order valence-electron chi connectivity index (χ3n) is 3.54. The largest absolute Gasteiger partial charge is 0.481 e. The van der Waals surface area contributed by atoms with E-state index in [2.05, 4.69) is 5.32 Å². The van der Waals surface area contributed by atoms with E-state index in [0.717, 1.165) is 11.1 Å². The Labute approximate surface area is 134 Å². The molecular weight excluding hydrogens is 294 g/mol. The van der Waals surface area contributed by atoms with E-state index in [-0.39, 0.29) is 11.5 Å². The van der Waals surface area contributed by atoms with Crippen molar-refractivity contribution in [3.63, 3.8) is 0 Å². The molecule has 0 unspecified atom stereocenters. The highest BCUT2D eigenvalue weighted by atomic mass is 16.5. The number of carboxylic acids is 1. The summed E-state index contributed by atoms with van der Waals surface area (Å²) >= 11 is 0. The van der Waals surface area contributed by atoms with Gasteiger partial charge in [-0.3, -0.25) is 4.79 Å². The zero-order valence-electron chi connectivity index (χ0n) is 13.3. The number of aryl methyl sites for hydroxylation is 2. The molecule has 5 heteroatoms. The van der Waals surface area contributed by atoms with Gasteiger partial charge in [-0.05, 0) is 62.2 Å². The molecule has 23 heavy (non-hydrogen) atoms. The van der Waals surface area contributed by atoms with Crippen molar-refractivity contribution in [2.45, 2.75) is 26.9 Å². The summed E-state index contributed by atoms with van der Waals surface area (Å²) in [4.78, 5) is 23.1. The Morgan fingerprint density at radius 2 is 1.83 bits per heavy atom. The Morgan fingerprint density at radius 1 is 1.09 bits per heavy atom. The van der Waals surface area contributed by atoms with Gasteiger partial charge in [-0.2, -0.15) is 0 Å². The molecular formula is C18H19NO4. The fraction of sp³-hybridized carbons (Fsp3) is 0.222. The normalized spacial score (nSPS) is 11.6. The second-order valence-corrected chi connectivity index (χ2v) is 5.38. The highest BCUT2D eigenvalue weighted by Crippen LogP contribution is 2.18. The number of nitrogens with one attached hydrogen (secondary N) is 1. The Hall–Kier alpha value is -2.82. The maximum atomic E-state index is 12.2. The van der Waals surface area contributed by atoms with E-state index in [1.165, 1.54) is 12.1 Å². The van der Waals surface area contributed by atoms with E-state index in [9.17, 15) is 9.59 Å². The van der Waals surface area contributed by atoms with Crippen molar-refractivity contribution < 1.29 is 19.4 Å². The molecule has 2 aromatic carbocycles. The molecule has 1 atom stereocenters. The van der Waals surface area contributed by atoms with Crippen LogP contribution >= 0.6 is 0 Å². The van der Waals surface area contributed by atoms with Crippen LogP contribution in [0.25, 0.3) is 0 Å². The minimum Gasteiger partial charge on any atom is -0.481 e. The summed E-state index contributed by atoms with van der Waals surface area (Å²) < 4.78 is 5.63. The lowest BCUT2D eigenvalue weighted by atomic mass is 10.1. The van der Waals surface area contributed by atoms with Gasteiger partial charge in [0.2, 0.25) is 0 Å². The second-order valence-electron chi connectivity index (χ2n) is 5.38. The van der Waals surface area contributed by atoms with Crippen molar-refractivity contribution in [2.75, 3.05) is 5.32 Å². The maximum absolute atomic E-state index is 12.2. The second kappa shape index (κ2) is 6.96. The number of hydrogen-bond donors (Lipinski definition) is 2. The minimum absolute atomic E-state index is 0.116. The summed E-state index contributed by atoms with van der Waals surface area (Å²) in [7, 11) is 0. The van der Waals surface area contributed by atoms with Gasteiger partial charge < -0.3 is 15.2 Å². The quantitative estimate of drug-likeness (QED) is 0.887. The lowest BCUT2D eigenvalue weighted by molar-refractivity contribution is -0.122. The van der Waals surface area contributed by atoms with Crippen LogP contribution in [-0.4, -0.2) is 23.1 Å². The smallest absolute Gasteiger partial charge is 0.335 e. The number of benzene rings is 2. The van der Waals surface area contributed by atoms with E-state index in [1.54, 1.807) is 19.1 Å². The topological polar surface area (TPSA) is 75.6 Å². The number of carbonyl (C=O) groups is 2. The number of ether oxygens (including phenoxy) is 1. The minimum atomic E-state index is -1.04. The van der Waals surface area contributed by atoms with Gasteiger partial charge in [-0.1, -0.05) is 12.1 Å². The van der Waals surface area contributed by atoms with Crippen molar-refractivity contribution in [3.8, 4) is 5.75 Å². The first-order chi connectivity index (χ1) is 10.9. The molecule has 0 bridgehead atoms. The average Bonchev–Trinajstić information content (AvgIpc) is 2.51. The highest BCUT2D eigenvalue weighted by Gasteiger charge is 2.15. The number of amides is 1. The summed E-state index contributed by atoms with van der Waals surface area (Å²) in [5, 5.41) is 11.6. The molecule has 0 aromatic heterocycles. The Bertz CT molecular complexity index is 740. The van der Waals surface area contributed by atoms with Gasteiger partial charge in [-0.15, -0.1) is 0 Å². The molecule has 2 N–H and O–H groups in total. The van der Waals surface area contributed by atoms with E-state index >= 15 is 0 Å². The van der Waals surface area contributed by atoms with Gasteiger partial charge in [0.1, 0.15) is 5.75 Å². The summed E-state index contributed by atoms with van der Waals surface area (Å²) in [5.74, 6) is -0.763. The Morgan fingerprint density at radius 3 is 2.48 bits per heavy atom. The van der Waals surface area contributed by atoms with Crippen LogP contribution in [0, 0.1) is 13.8 Å². The number of rotatable bonds is 5. The highest BCUT2D eigenvalue weighted by molar-refractivity contribution is 5.96. The SMILES string of the molecule is Cc1ccc(O[C@H](C)C(=O)Nc2cccc(C(=O)O)c2)cc1C. The van der Waals surface area contributed by atoms with E-state index in [4.69, 9.17) is 9.84 Å². The lowest BCUT2D eigenvalue weighted by Crippen LogP contribution is -2.30. The monoisotopic (exact) mass is 313 g/mol. The molecule has 0 saturated carbocycles. The number of anilines is 1. The molecule has 0 fully saturated rings. The van der Waals surface area contributed by atoms with Crippen LogP contribution in [0.2, 0.25) is 0 Å². The first-order valence-electron chi connectivity index (χ1n) is 7.25. The molecule has 2 aromatic rings. The number of hydrogen-bond acceptors (Lipinski definition) is 3. The lowest BCUT2D eigenvalue weighted by Gasteiger charge is -2.15. The third-order valence-corrected chi connectivity index (χ3v) is 3.54. The molecule has 0 spiro atoms. The van der Waals surface area contributed by atoms with E-state index in [0.29, 0.717) is 11.4 Å². The van der Waals surface area contributed by atoms with Gasteiger partial charge in [0.25, 0.3) is 5.91 Å². The van der Waals surface area contributed by atoms with Crippen molar-refractivity contribution in [2.24, 2.45) is 0 Å². The average molecular weight is 313 g/mol. The van der Waals surface area contributed by atoms with Gasteiger partial charge in [0, 0.05) is 5.69 Å². The molecule has 120 valence electrons. The van der Waals surface area contributed by atoms with Crippen LogP contribution < -0.4 is 10.1 Å². The first-order valence-corrected chi connectivity index (χ1v) is 7.25. The van der Waals surface area contributed by atoms with Crippen LogP contribution in [0.15, 0.2) is 42.5 Å². The van der Waals surface area contributed by atoms with E-state index in [1.807, 2.05) is 32.0 Å². The predicted octanol–water partition coefficient (Wildman–Crippen LogP) is 3.41.